The minimum absolute atomic E-state index is 0.185. The Morgan fingerprint density at radius 1 is 1.33 bits per heavy atom. The van der Waals surface area contributed by atoms with Crippen LogP contribution in [0.25, 0.3) is 0 Å². The zero-order valence-corrected chi connectivity index (χ0v) is 14.9. The summed E-state index contributed by atoms with van der Waals surface area (Å²) >= 11 is 1.33. The third kappa shape index (κ3) is 3.29. The first-order valence-corrected chi connectivity index (χ1v) is 8.98. The molecular weight excluding hydrogens is 326 g/mol. The summed E-state index contributed by atoms with van der Waals surface area (Å²) in [5.74, 6) is -0.415. The maximum Gasteiger partial charge on any atom is 0.252 e. The highest BCUT2D eigenvalue weighted by Crippen LogP contribution is 2.44. The molecule has 0 bridgehead atoms. The maximum atomic E-state index is 12.7. The number of nitrogens with one attached hydrogen (secondary N) is 1. The van der Waals surface area contributed by atoms with Gasteiger partial charge in [-0.2, -0.15) is 0 Å². The summed E-state index contributed by atoms with van der Waals surface area (Å²) in [4.78, 5) is 30.2. The van der Waals surface area contributed by atoms with Crippen LogP contribution in [0.4, 0.5) is 5.69 Å². The van der Waals surface area contributed by atoms with Gasteiger partial charge in [0, 0.05) is 38.1 Å². The monoisotopic (exact) mass is 349 g/mol. The van der Waals surface area contributed by atoms with Gasteiger partial charge in [0.05, 0.1) is 18.9 Å². The molecule has 130 valence electrons. The van der Waals surface area contributed by atoms with E-state index in [2.05, 4.69) is 10.2 Å². The number of carbonyl (C=O) groups is 2. The minimum Gasteiger partial charge on any atom is -0.379 e. The number of carbonyl (C=O) groups excluding carboxylic acids is 2. The molecule has 1 N–H and O–H groups in total. The molecule has 0 saturated carbocycles. The highest BCUT2D eigenvalue weighted by molar-refractivity contribution is 8.02. The second-order valence-corrected chi connectivity index (χ2v) is 7.64. The Balaban J connectivity index is 1.64. The Labute approximate surface area is 146 Å². The van der Waals surface area contributed by atoms with Crippen molar-refractivity contribution in [1.82, 2.24) is 10.2 Å². The van der Waals surface area contributed by atoms with Crippen LogP contribution in [0, 0.1) is 0 Å². The number of nitrogens with zero attached hydrogens (tertiary/aromatic N) is 2. The Kier molecular flexibility index (Phi) is 5.12. The molecule has 6 nitrogen and oxygen atoms in total. The standard InChI is InChI=1S/C17H23N3O3S/c1-17(15(21)18-7-8-20-9-11-23-12-10-20)16(22)19(2)13-5-3-4-6-14(13)24-17/h3-6H,7-12H2,1-2H3,(H,18,21)/t17-/m0/s1. The van der Waals surface area contributed by atoms with Gasteiger partial charge in [0.15, 0.2) is 4.75 Å². The summed E-state index contributed by atoms with van der Waals surface area (Å²) in [6.07, 6.45) is 0. The summed E-state index contributed by atoms with van der Waals surface area (Å²) < 4.78 is 4.18. The van der Waals surface area contributed by atoms with Crippen LogP contribution in [-0.4, -0.2) is 67.9 Å². The molecule has 2 amide bonds. The van der Waals surface area contributed by atoms with Crippen LogP contribution in [-0.2, 0) is 14.3 Å². The van der Waals surface area contributed by atoms with Crippen LogP contribution in [0.1, 0.15) is 6.92 Å². The lowest BCUT2D eigenvalue weighted by molar-refractivity contribution is -0.131. The normalized spacial score (nSPS) is 24.6. The number of amides is 2. The number of anilines is 1. The SMILES string of the molecule is CN1C(=O)[C@](C)(C(=O)NCCN2CCOCC2)Sc2ccccc21. The molecule has 0 aliphatic carbocycles. The molecule has 2 heterocycles. The number of ether oxygens (including phenoxy) is 1. The maximum absolute atomic E-state index is 12.7. The van der Waals surface area contributed by atoms with Gasteiger partial charge in [-0.05, 0) is 19.1 Å². The zero-order valence-electron chi connectivity index (χ0n) is 14.1. The molecule has 24 heavy (non-hydrogen) atoms. The van der Waals surface area contributed by atoms with Crippen molar-refractivity contribution in [3.05, 3.63) is 24.3 Å². The second-order valence-electron chi connectivity index (χ2n) is 6.18. The molecule has 1 saturated heterocycles. The largest absolute Gasteiger partial charge is 0.379 e. The van der Waals surface area contributed by atoms with E-state index in [0.29, 0.717) is 6.54 Å². The molecule has 1 atom stereocenters. The van der Waals surface area contributed by atoms with E-state index in [9.17, 15) is 9.59 Å². The number of rotatable bonds is 4. The van der Waals surface area contributed by atoms with E-state index >= 15 is 0 Å². The third-order valence-electron chi connectivity index (χ3n) is 4.50. The number of fused-ring (bicyclic) bond motifs is 1. The van der Waals surface area contributed by atoms with Crippen molar-refractivity contribution in [2.75, 3.05) is 51.3 Å². The number of thioether (sulfide) groups is 1. The van der Waals surface area contributed by atoms with Crippen molar-refractivity contribution in [3.8, 4) is 0 Å². The Bertz CT molecular complexity index is 633. The van der Waals surface area contributed by atoms with Crippen LogP contribution < -0.4 is 10.2 Å². The molecule has 2 aliphatic rings. The molecule has 2 aliphatic heterocycles. The van der Waals surface area contributed by atoms with Gasteiger partial charge in [-0.3, -0.25) is 14.5 Å². The van der Waals surface area contributed by atoms with Gasteiger partial charge in [-0.15, -0.1) is 0 Å². The summed E-state index contributed by atoms with van der Waals surface area (Å²) in [5.41, 5.74) is 0.853. The van der Waals surface area contributed by atoms with Gasteiger partial charge >= 0.3 is 0 Å². The number of hydrogen-bond donors (Lipinski definition) is 1. The van der Waals surface area contributed by atoms with Crippen molar-refractivity contribution in [1.29, 1.82) is 0 Å². The Hall–Kier alpha value is -1.57. The van der Waals surface area contributed by atoms with Crippen molar-refractivity contribution in [2.45, 2.75) is 16.6 Å². The zero-order chi connectivity index (χ0) is 17.2. The molecule has 0 unspecified atom stereocenters. The van der Waals surface area contributed by atoms with Crippen molar-refractivity contribution in [2.24, 2.45) is 0 Å². The average molecular weight is 349 g/mol. The number of hydrogen-bond acceptors (Lipinski definition) is 5. The van der Waals surface area contributed by atoms with Gasteiger partial charge in [0.2, 0.25) is 5.91 Å². The molecule has 1 aromatic carbocycles. The van der Waals surface area contributed by atoms with Crippen molar-refractivity contribution in [3.63, 3.8) is 0 Å². The third-order valence-corrected chi connectivity index (χ3v) is 5.84. The lowest BCUT2D eigenvalue weighted by atomic mass is 10.1. The summed E-state index contributed by atoms with van der Waals surface area (Å²) in [5, 5.41) is 2.93. The van der Waals surface area contributed by atoms with E-state index in [0.717, 1.165) is 43.4 Å². The highest BCUT2D eigenvalue weighted by atomic mass is 32.2. The molecule has 1 aromatic rings. The van der Waals surface area contributed by atoms with Gasteiger partial charge in [-0.25, -0.2) is 0 Å². The van der Waals surface area contributed by atoms with Crippen LogP contribution >= 0.6 is 11.8 Å². The highest BCUT2D eigenvalue weighted by Gasteiger charge is 2.48. The minimum atomic E-state index is -1.13. The number of para-hydroxylation sites is 1. The average Bonchev–Trinajstić information content (AvgIpc) is 2.60. The van der Waals surface area contributed by atoms with E-state index < -0.39 is 4.75 Å². The fourth-order valence-electron chi connectivity index (χ4n) is 2.98. The molecular formula is C17H23N3O3S. The van der Waals surface area contributed by atoms with Gasteiger partial charge < -0.3 is 15.0 Å². The van der Waals surface area contributed by atoms with Gasteiger partial charge in [0.1, 0.15) is 0 Å². The lowest BCUT2D eigenvalue weighted by Gasteiger charge is -2.37. The molecule has 3 rings (SSSR count). The smallest absolute Gasteiger partial charge is 0.252 e. The first-order chi connectivity index (χ1) is 11.5. The number of benzene rings is 1. The quantitative estimate of drug-likeness (QED) is 0.821. The van der Waals surface area contributed by atoms with Crippen LogP contribution in [0.15, 0.2) is 29.2 Å². The van der Waals surface area contributed by atoms with Crippen LogP contribution in [0.2, 0.25) is 0 Å². The fourth-order valence-corrected chi connectivity index (χ4v) is 4.26. The predicted octanol–water partition coefficient (Wildman–Crippen LogP) is 0.962. The van der Waals surface area contributed by atoms with Crippen LogP contribution in [0.3, 0.4) is 0 Å². The van der Waals surface area contributed by atoms with Gasteiger partial charge in [0.25, 0.3) is 5.91 Å². The first-order valence-electron chi connectivity index (χ1n) is 8.17. The second kappa shape index (κ2) is 7.13. The van der Waals surface area contributed by atoms with E-state index in [-0.39, 0.29) is 11.8 Å². The molecule has 0 radical (unpaired) electrons. The van der Waals surface area contributed by atoms with E-state index in [4.69, 9.17) is 4.74 Å². The summed E-state index contributed by atoms with van der Waals surface area (Å²) in [6, 6.07) is 7.67. The number of morpholine rings is 1. The van der Waals surface area contributed by atoms with Crippen molar-refractivity contribution >= 4 is 29.3 Å². The van der Waals surface area contributed by atoms with E-state index in [1.807, 2.05) is 24.3 Å². The Morgan fingerprint density at radius 2 is 2.04 bits per heavy atom. The van der Waals surface area contributed by atoms with E-state index in [1.165, 1.54) is 11.8 Å². The van der Waals surface area contributed by atoms with Crippen molar-refractivity contribution < 1.29 is 14.3 Å². The molecule has 1 fully saturated rings. The Morgan fingerprint density at radius 3 is 2.79 bits per heavy atom. The summed E-state index contributed by atoms with van der Waals surface area (Å²) in [7, 11) is 1.72. The molecule has 0 spiro atoms. The summed E-state index contributed by atoms with van der Waals surface area (Å²) in [6.45, 7) is 6.26. The molecule has 7 heteroatoms. The topological polar surface area (TPSA) is 61.9 Å². The molecule has 0 aromatic heterocycles. The van der Waals surface area contributed by atoms with E-state index in [1.54, 1.807) is 18.9 Å². The predicted molar refractivity (Wildman–Crippen MR) is 94.4 cm³/mol. The van der Waals surface area contributed by atoms with Gasteiger partial charge in [-0.1, -0.05) is 23.9 Å². The first kappa shape index (κ1) is 17.3. The fraction of sp³-hybridized carbons (Fsp3) is 0.529. The van der Waals surface area contributed by atoms with Crippen LogP contribution in [0.5, 0.6) is 0 Å². The lowest BCUT2D eigenvalue weighted by Crippen LogP contribution is -2.56.